The van der Waals surface area contributed by atoms with Crippen molar-refractivity contribution < 1.29 is 18.9 Å². The second-order valence-electron chi connectivity index (χ2n) is 6.12. The van der Waals surface area contributed by atoms with Crippen LogP contribution in [0.5, 0.6) is 0 Å². The molecule has 0 radical (unpaired) electrons. The molecule has 0 aromatic carbocycles. The number of carbonyl (C=O) groups excluding carboxylic acids is 3. The minimum absolute atomic E-state index is 0.0209. The average Bonchev–Trinajstić information content (AvgIpc) is 2.94. The van der Waals surface area contributed by atoms with Crippen LogP contribution in [-0.4, -0.2) is 41.0 Å². The van der Waals surface area contributed by atoms with Crippen LogP contribution in [0, 0.1) is 0 Å². The molecule has 0 unspecified atom stereocenters. The first kappa shape index (κ1) is 18.9. The van der Waals surface area contributed by atoms with E-state index in [1.54, 1.807) is 0 Å². The molecule has 3 amide bonds. The van der Waals surface area contributed by atoms with Crippen LogP contribution in [0.15, 0.2) is 4.52 Å². The number of aromatic nitrogens is 2. The Morgan fingerprint density at radius 1 is 1.08 bits per heavy atom. The largest absolute Gasteiger partial charge is 0.353 e. The predicted molar refractivity (Wildman–Crippen MR) is 88.4 cm³/mol. The van der Waals surface area contributed by atoms with Crippen molar-refractivity contribution in [3.8, 4) is 0 Å². The Hall–Kier alpha value is -2.45. The number of hydrogen-bond acceptors (Lipinski definition) is 6. The van der Waals surface area contributed by atoms with E-state index in [4.69, 9.17) is 4.52 Å². The van der Waals surface area contributed by atoms with Gasteiger partial charge in [-0.15, -0.1) is 0 Å². The number of nitrogens with one attached hydrogen (secondary N) is 3. The SMILES string of the molecule is CNC(=O)c1noc(CNC(=O)CCC(=O)NC2CCCCCC2)n1. The highest BCUT2D eigenvalue weighted by molar-refractivity contribution is 5.89. The standard InChI is InChI=1S/C16H25N5O4/c1-17-16(24)15-20-14(25-21-15)10-18-12(22)8-9-13(23)19-11-6-4-2-3-5-7-11/h11H,2-10H2,1H3,(H,17,24)(H,18,22)(H,19,23). The second-order valence-corrected chi connectivity index (χ2v) is 6.12. The van der Waals surface area contributed by atoms with Crippen LogP contribution < -0.4 is 16.0 Å². The summed E-state index contributed by atoms with van der Waals surface area (Å²) in [5.41, 5.74) is 0. The summed E-state index contributed by atoms with van der Waals surface area (Å²) in [4.78, 5) is 38.9. The summed E-state index contributed by atoms with van der Waals surface area (Å²) < 4.78 is 4.86. The first-order valence-corrected chi connectivity index (χ1v) is 8.69. The van der Waals surface area contributed by atoms with Gasteiger partial charge in [0.05, 0.1) is 6.54 Å². The number of carbonyl (C=O) groups is 3. The first-order valence-electron chi connectivity index (χ1n) is 8.69. The van der Waals surface area contributed by atoms with Crippen LogP contribution in [-0.2, 0) is 16.1 Å². The van der Waals surface area contributed by atoms with E-state index in [9.17, 15) is 14.4 Å². The molecule has 0 saturated heterocycles. The van der Waals surface area contributed by atoms with E-state index in [1.165, 1.54) is 19.9 Å². The molecule has 2 rings (SSSR count). The van der Waals surface area contributed by atoms with E-state index in [0.717, 1.165) is 25.7 Å². The van der Waals surface area contributed by atoms with Gasteiger partial charge in [0, 0.05) is 25.9 Å². The van der Waals surface area contributed by atoms with E-state index in [0.29, 0.717) is 0 Å². The molecule has 1 aliphatic carbocycles. The quantitative estimate of drug-likeness (QED) is 0.620. The molecular weight excluding hydrogens is 326 g/mol. The Bertz CT molecular complexity index is 593. The maximum atomic E-state index is 11.9. The van der Waals surface area contributed by atoms with Gasteiger partial charge in [0.1, 0.15) is 0 Å². The predicted octanol–water partition coefficient (Wildman–Crippen LogP) is 0.665. The molecule has 1 aromatic rings. The highest BCUT2D eigenvalue weighted by Gasteiger charge is 2.16. The average molecular weight is 351 g/mol. The molecule has 0 atom stereocenters. The molecule has 1 aromatic heterocycles. The highest BCUT2D eigenvalue weighted by atomic mass is 16.5. The number of rotatable bonds is 7. The zero-order chi connectivity index (χ0) is 18.1. The Kier molecular flexibility index (Phi) is 7.36. The van der Waals surface area contributed by atoms with E-state index in [2.05, 4.69) is 26.1 Å². The smallest absolute Gasteiger partial charge is 0.292 e. The third-order valence-corrected chi connectivity index (χ3v) is 4.13. The molecule has 0 bridgehead atoms. The minimum atomic E-state index is -0.462. The van der Waals surface area contributed by atoms with Gasteiger partial charge in [-0.25, -0.2) is 0 Å². The van der Waals surface area contributed by atoms with Crippen molar-refractivity contribution in [2.75, 3.05) is 7.05 Å². The van der Waals surface area contributed by atoms with Crippen LogP contribution in [0.3, 0.4) is 0 Å². The molecule has 1 heterocycles. The zero-order valence-corrected chi connectivity index (χ0v) is 14.5. The van der Waals surface area contributed by atoms with Crippen LogP contribution >= 0.6 is 0 Å². The summed E-state index contributed by atoms with van der Waals surface area (Å²) in [5.74, 6) is -0.793. The van der Waals surface area contributed by atoms with Crippen molar-refractivity contribution in [1.29, 1.82) is 0 Å². The summed E-state index contributed by atoms with van der Waals surface area (Å²) in [7, 11) is 1.46. The Balaban J connectivity index is 1.65. The third kappa shape index (κ3) is 6.52. The second kappa shape index (κ2) is 9.75. The van der Waals surface area contributed by atoms with Crippen molar-refractivity contribution in [1.82, 2.24) is 26.1 Å². The van der Waals surface area contributed by atoms with Gasteiger partial charge in [0.15, 0.2) is 0 Å². The van der Waals surface area contributed by atoms with Gasteiger partial charge >= 0.3 is 0 Å². The highest BCUT2D eigenvalue weighted by Crippen LogP contribution is 2.17. The molecular formula is C16H25N5O4. The number of hydrogen-bond donors (Lipinski definition) is 3. The van der Waals surface area contributed by atoms with Gasteiger partial charge in [-0.05, 0) is 12.8 Å². The summed E-state index contributed by atoms with van der Waals surface area (Å²) in [6, 6.07) is 0.236. The maximum absolute atomic E-state index is 11.9. The van der Waals surface area contributed by atoms with Crippen LogP contribution in [0.1, 0.15) is 67.9 Å². The molecule has 0 aliphatic heterocycles. The summed E-state index contributed by atoms with van der Waals surface area (Å²) in [6.07, 6.45) is 7.02. The maximum Gasteiger partial charge on any atom is 0.292 e. The Morgan fingerprint density at radius 3 is 2.44 bits per heavy atom. The molecule has 9 heteroatoms. The molecule has 1 aliphatic rings. The van der Waals surface area contributed by atoms with E-state index >= 15 is 0 Å². The first-order chi connectivity index (χ1) is 12.1. The lowest BCUT2D eigenvalue weighted by Crippen LogP contribution is -2.35. The minimum Gasteiger partial charge on any atom is -0.353 e. The Morgan fingerprint density at radius 2 is 1.76 bits per heavy atom. The molecule has 1 fully saturated rings. The van der Waals surface area contributed by atoms with Gasteiger partial charge in [-0.2, -0.15) is 4.98 Å². The molecule has 9 nitrogen and oxygen atoms in total. The van der Waals surface area contributed by atoms with Crippen LogP contribution in [0.2, 0.25) is 0 Å². The molecule has 0 spiro atoms. The molecule has 25 heavy (non-hydrogen) atoms. The van der Waals surface area contributed by atoms with Gasteiger partial charge in [-0.1, -0.05) is 30.8 Å². The fraction of sp³-hybridized carbons (Fsp3) is 0.688. The normalized spacial score (nSPS) is 15.2. The topological polar surface area (TPSA) is 126 Å². The van der Waals surface area contributed by atoms with Crippen molar-refractivity contribution in [3.05, 3.63) is 11.7 Å². The van der Waals surface area contributed by atoms with Crippen molar-refractivity contribution in [2.45, 2.75) is 64.0 Å². The van der Waals surface area contributed by atoms with Crippen molar-refractivity contribution in [2.24, 2.45) is 0 Å². The number of amides is 3. The summed E-state index contributed by atoms with van der Waals surface area (Å²) in [6.45, 7) is 0.0209. The van der Waals surface area contributed by atoms with Crippen LogP contribution in [0.4, 0.5) is 0 Å². The van der Waals surface area contributed by atoms with Gasteiger partial charge in [0.2, 0.25) is 17.7 Å². The van der Waals surface area contributed by atoms with Crippen LogP contribution in [0.25, 0.3) is 0 Å². The van der Waals surface area contributed by atoms with E-state index in [-0.39, 0.29) is 49.0 Å². The lowest BCUT2D eigenvalue weighted by atomic mass is 10.1. The van der Waals surface area contributed by atoms with Crippen molar-refractivity contribution >= 4 is 17.7 Å². The summed E-state index contributed by atoms with van der Waals surface area (Å²) in [5, 5.41) is 11.5. The van der Waals surface area contributed by atoms with E-state index < -0.39 is 5.91 Å². The lowest BCUT2D eigenvalue weighted by molar-refractivity contribution is -0.127. The van der Waals surface area contributed by atoms with Crippen molar-refractivity contribution in [3.63, 3.8) is 0 Å². The third-order valence-electron chi connectivity index (χ3n) is 4.13. The molecule has 138 valence electrons. The van der Waals surface area contributed by atoms with Gasteiger partial charge in [0.25, 0.3) is 11.7 Å². The molecule has 1 saturated carbocycles. The monoisotopic (exact) mass is 351 g/mol. The lowest BCUT2D eigenvalue weighted by Gasteiger charge is -2.15. The van der Waals surface area contributed by atoms with E-state index in [1.807, 2.05) is 0 Å². The van der Waals surface area contributed by atoms with Gasteiger partial charge in [-0.3, -0.25) is 14.4 Å². The molecule has 3 N–H and O–H groups in total. The Labute approximate surface area is 146 Å². The zero-order valence-electron chi connectivity index (χ0n) is 14.5. The fourth-order valence-corrected chi connectivity index (χ4v) is 2.74. The summed E-state index contributed by atoms with van der Waals surface area (Å²) >= 11 is 0. The fourth-order valence-electron chi connectivity index (χ4n) is 2.74. The number of nitrogens with zero attached hydrogens (tertiary/aromatic N) is 2. The van der Waals surface area contributed by atoms with Gasteiger partial charge < -0.3 is 20.5 Å².